The number of piperidine rings is 1. The molecule has 9 heteroatoms. The van der Waals surface area contributed by atoms with Crippen molar-refractivity contribution >= 4 is 29.5 Å². The van der Waals surface area contributed by atoms with Crippen LogP contribution < -0.4 is 4.90 Å². The molecule has 0 atom stereocenters. The van der Waals surface area contributed by atoms with E-state index < -0.39 is 0 Å². The van der Waals surface area contributed by atoms with Crippen LogP contribution in [0.4, 0.5) is 5.82 Å². The van der Waals surface area contributed by atoms with Gasteiger partial charge in [0.15, 0.2) is 5.16 Å². The smallest absolute Gasteiger partial charge is 0.309 e. The van der Waals surface area contributed by atoms with Gasteiger partial charge in [-0.05, 0) is 44.5 Å². The van der Waals surface area contributed by atoms with Crippen molar-refractivity contribution in [2.75, 3.05) is 57.8 Å². The molecule has 210 valence electrons. The highest BCUT2D eigenvalue weighted by molar-refractivity contribution is 7.98. The molecule has 2 fully saturated rings. The Kier molecular flexibility index (Phi) is 9.34. The first kappa shape index (κ1) is 28.1. The number of thioether (sulfide) groups is 1. The zero-order valence-corrected chi connectivity index (χ0v) is 24.1. The molecular weight excluding hydrogens is 522 g/mol. The summed E-state index contributed by atoms with van der Waals surface area (Å²) in [5.41, 5.74) is 3.79. The number of hydrogen-bond donors (Lipinski definition) is 0. The second kappa shape index (κ2) is 13.3. The molecule has 0 bridgehead atoms. The zero-order chi connectivity index (χ0) is 27.9. The van der Waals surface area contributed by atoms with Crippen LogP contribution in [0, 0.1) is 5.92 Å². The van der Waals surface area contributed by atoms with Crippen molar-refractivity contribution in [2.24, 2.45) is 5.92 Å². The van der Waals surface area contributed by atoms with E-state index in [1.165, 1.54) is 0 Å². The van der Waals surface area contributed by atoms with E-state index in [1.807, 2.05) is 54.3 Å². The SMILES string of the molecule is CCOC(=O)C1CCN(C(=O)c2ccc(CSc3nc(-c4ccccc4)cc(N4CCN(C)CC4)n3)cc2)CC1. The van der Waals surface area contributed by atoms with E-state index in [4.69, 9.17) is 14.7 Å². The highest BCUT2D eigenvalue weighted by Gasteiger charge is 2.28. The second-order valence-electron chi connectivity index (χ2n) is 10.4. The monoisotopic (exact) mass is 559 g/mol. The van der Waals surface area contributed by atoms with Gasteiger partial charge in [-0.2, -0.15) is 0 Å². The number of anilines is 1. The van der Waals surface area contributed by atoms with Crippen molar-refractivity contribution in [1.82, 2.24) is 19.8 Å². The number of carbonyl (C=O) groups is 2. The van der Waals surface area contributed by atoms with Gasteiger partial charge in [-0.15, -0.1) is 0 Å². The van der Waals surface area contributed by atoms with Crippen molar-refractivity contribution in [2.45, 2.75) is 30.7 Å². The Morgan fingerprint density at radius 2 is 1.62 bits per heavy atom. The molecule has 2 aromatic carbocycles. The van der Waals surface area contributed by atoms with Crippen LogP contribution in [-0.4, -0.2) is 84.6 Å². The van der Waals surface area contributed by atoms with Crippen LogP contribution in [0.1, 0.15) is 35.7 Å². The van der Waals surface area contributed by atoms with E-state index >= 15 is 0 Å². The molecule has 2 aliphatic heterocycles. The minimum atomic E-state index is -0.148. The van der Waals surface area contributed by atoms with Crippen LogP contribution in [0.5, 0.6) is 0 Å². The molecule has 0 unspecified atom stereocenters. The number of esters is 1. The van der Waals surface area contributed by atoms with E-state index in [0.29, 0.717) is 43.9 Å². The molecule has 2 aliphatic rings. The van der Waals surface area contributed by atoms with Crippen LogP contribution in [0.25, 0.3) is 11.3 Å². The highest BCUT2D eigenvalue weighted by Crippen LogP contribution is 2.28. The molecule has 0 radical (unpaired) electrons. The lowest BCUT2D eigenvalue weighted by Crippen LogP contribution is -2.44. The molecule has 2 saturated heterocycles. The average molecular weight is 560 g/mol. The van der Waals surface area contributed by atoms with Gasteiger partial charge in [0.25, 0.3) is 5.91 Å². The van der Waals surface area contributed by atoms with Gasteiger partial charge in [-0.25, -0.2) is 9.97 Å². The largest absolute Gasteiger partial charge is 0.466 e. The summed E-state index contributed by atoms with van der Waals surface area (Å²) in [6, 6.07) is 20.2. The summed E-state index contributed by atoms with van der Waals surface area (Å²) >= 11 is 1.61. The van der Waals surface area contributed by atoms with E-state index in [2.05, 4.69) is 35.0 Å². The lowest BCUT2D eigenvalue weighted by molar-refractivity contribution is -0.149. The number of amides is 1. The Labute approximate surface area is 240 Å². The number of ether oxygens (including phenoxy) is 1. The number of benzene rings is 2. The third-order valence-corrected chi connectivity index (χ3v) is 8.48. The maximum atomic E-state index is 13.0. The summed E-state index contributed by atoms with van der Waals surface area (Å²) in [4.78, 5) is 41.4. The molecular formula is C31H37N5O3S. The minimum absolute atomic E-state index is 0.0113. The highest BCUT2D eigenvalue weighted by atomic mass is 32.2. The van der Waals surface area contributed by atoms with Gasteiger partial charge >= 0.3 is 5.97 Å². The fraction of sp³-hybridized carbons (Fsp3) is 0.419. The Morgan fingerprint density at radius 1 is 0.925 bits per heavy atom. The molecule has 3 heterocycles. The van der Waals surface area contributed by atoms with E-state index in [-0.39, 0.29) is 17.8 Å². The normalized spacial score (nSPS) is 16.6. The van der Waals surface area contributed by atoms with Gasteiger partial charge in [0.05, 0.1) is 18.2 Å². The van der Waals surface area contributed by atoms with Crippen molar-refractivity contribution in [1.29, 1.82) is 0 Å². The zero-order valence-electron chi connectivity index (χ0n) is 23.3. The second-order valence-corrected chi connectivity index (χ2v) is 11.3. The summed E-state index contributed by atoms with van der Waals surface area (Å²) in [6.45, 7) is 7.28. The number of piperazine rings is 1. The van der Waals surface area contributed by atoms with Gasteiger partial charge in [-0.3, -0.25) is 9.59 Å². The lowest BCUT2D eigenvalue weighted by atomic mass is 9.96. The van der Waals surface area contributed by atoms with Crippen molar-refractivity contribution in [3.8, 4) is 11.3 Å². The van der Waals surface area contributed by atoms with Gasteiger partial charge in [0.1, 0.15) is 5.82 Å². The van der Waals surface area contributed by atoms with Gasteiger partial charge in [-0.1, -0.05) is 54.2 Å². The summed E-state index contributed by atoms with van der Waals surface area (Å²) in [5.74, 6) is 1.43. The molecule has 0 saturated carbocycles. The number of aromatic nitrogens is 2. The molecule has 5 rings (SSSR count). The van der Waals surface area contributed by atoms with Crippen LogP contribution in [0.3, 0.4) is 0 Å². The number of rotatable bonds is 8. The standard InChI is InChI=1S/C31H37N5O3S/c1-3-39-30(38)26-13-15-36(16-14-26)29(37)25-11-9-23(10-12-25)22-40-31-32-27(24-7-5-4-6-8-24)21-28(33-31)35-19-17-34(2)18-20-35/h4-12,21,26H,3,13-20,22H2,1-2H3. The molecule has 0 spiro atoms. The first-order valence-corrected chi connectivity index (χ1v) is 15.0. The van der Waals surface area contributed by atoms with Crippen LogP contribution in [0.15, 0.2) is 65.8 Å². The minimum Gasteiger partial charge on any atom is -0.466 e. The molecule has 3 aromatic rings. The Bertz CT molecular complexity index is 1290. The fourth-order valence-corrected chi connectivity index (χ4v) is 5.89. The quantitative estimate of drug-likeness (QED) is 0.225. The Morgan fingerprint density at radius 3 is 2.30 bits per heavy atom. The molecule has 0 aliphatic carbocycles. The fourth-order valence-electron chi connectivity index (χ4n) is 5.08. The number of hydrogen-bond acceptors (Lipinski definition) is 8. The first-order chi connectivity index (χ1) is 19.5. The van der Waals surface area contributed by atoms with E-state index in [0.717, 1.165) is 54.0 Å². The summed E-state index contributed by atoms with van der Waals surface area (Å²) < 4.78 is 5.14. The van der Waals surface area contributed by atoms with Gasteiger partial charge in [0.2, 0.25) is 0 Å². The van der Waals surface area contributed by atoms with E-state index in [9.17, 15) is 9.59 Å². The van der Waals surface area contributed by atoms with Crippen LogP contribution in [-0.2, 0) is 15.3 Å². The molecule has 40 heavy (non-hydrogen) atoms. The average Bonchev–Trinajstić information content (AvgIpc) is 3.01. The maximum Gasteiger partial charge on any atom is 0.309 e. The van der Waals surface area contributed by atoms with Gasteiger partial charge in [0, 0.05) is 62.2 Å². The van der Waals surface area contributed by atoms with Crippen LogP contribution >= 0.6 is 11.8 Å². The van der Waals surface area contributed by atoms with Crippen molar-refractivity contribution in [3.05, 3.63) is 71.8 Å². The number of likely N-dealkylation sites (N-methyl/N-ethyl adjacent to an activating group) is 1. The van der Waals surface area contributed by atoms with Crippen LogP contribution in [0.2, 0.25) is 0 Å². The number of nitrogens with zero attached hydrogens (tertiary/aromatic N) is 5. The lowest BCUT2D eigenvalue weighted by Gasteiger charge is -2.33. The van der Waals surface area contributed by atoms with Gasteiger partial charge < -0.3 is 19.4 Å². The molecule has 1 aromatic heterocycles. The van der Waals surface area contributed by atoms with E-state index in [1.54, 1.807) is 11.8 Å². The molecule has 8 nitrogen and oxygen atoms in total. The third kappa shape index (κ3) is 7.01. The molecule has 0 N–H and O–H groups in total. The number of likely N-dealkylation sites (tertiary alicyclic amines) is 1. The topological polar surface area (TPSA) is 78.9 Å². The van der Waals surface area contributed by atoms with Crippen molar-refractivity contribution < 1.29 is 14.3 Å². The molecule has 1 amide bonds. The number of carbonyl (C=O) groups excluding carboxylic acids is 2. The summed E-state index contributed by atoms with van der Waals surface area (Å²) in [7, 11) is 2.15. The maximum absolute atomic E-state index is 13.0. The summed E-state index contributed by atoms with van der Waals surface area (Å²) in [5, 5.41) is 0.750. The third-order valence-electron chi connectivity index (χ3n) is 7.56. The first-order valence-electron chi connectivity index (χ1n) is 14.1. The summed E-state index contributed by atoms with van der Waals surface area (Å²) in [6.07, 6.45) is 1.30. The van der Waals surface area contributed by atoms with Crippen molar-refractivity contribution in [3.63, 3.8) is 0 Å². The Balaban J connectivity index is 1.23. The predicted octanol–water partition coefficient (Wildman–Crippen LogP) is 4.60. The predicted molar refractivity (Wildman–Crippen MR) is 158 cm³/mol. The Hall–Kier alpha value is -3.43.